The van der Waals surface area contributed by atoms with Crippen LogP contribution in [0.15, 0.2) is 91.0 Å². The molecule has 332 valence electrons. The fourth-order valence-electron chi connectivity index (χ4n) is 8.18. The average Bonchev–Trinajstić information content (AvgIpc) is 3.62. The lowest BCUT2D eigenvalue weighted by atomic mass is 9.99. The van der Waals surface area contributed by atoms with E-state index in [1.54, 1.807) is 4.90 Å². The molecule has 3 aromatic carbocycles. The first-order valence-corrected chi connectivity index (χ1v) is 29.5. The molecule has 2 fully saturated rings. The third-order valence-corrected chi connectivity index (χ3v) is 27.5. The van der Waals surface area contributed by atoms with Crippen molar-refractivity contribution in [2.75, 3.05) is 13.2 Å². The van der Waals surface area contributed by atoms with Crippen molar-refractivity contribution in [2.45, 2.75) is 173 Å². The van der Waals surface area contributed by atoms with E-state index in [1.165, 1.54) is 0 Å². The number of nitrogens with zero attached hydrogens (tertiary/aromatic N) is 1. The van der Waals surface area contributed by atoms with Crippen molar-refractivity contribution in [1.29, 1.82) is 0 Å². The number of hydrogen-bond acceptors (Lipinski definition) is 8. The minimum Gasteiger partial charge on any atom is -0.445 e. The van der Waals surface area contributed by atoms with Crippen LogP contribution < -0.4 is 10.4 Å². The molecule has 1 N–H and O–H groups in total. The molecule has 5 rings (SSSR count). The Bertz CT molecular complexity index is 1800. The molecular formula is C48H75NO8Si3. The van der Waals surface area contributed by atoms with E-state index in [1.807, 2.05) is 56.3 Å². The number of amides is 1. The standard InChI is InChI=1S/C48H75NO8Si3/c1-45(2,3)58(12,13)53-33-36(50)31-40(57-59(14,15)46(4,5)6)41-43-42(55-48(10,11)56-43)39(49(41)44(51)52-32-35-25-19-16-20-26-35)34-54-60(47(7,8)9,37-27-21-17-22-28-37)38-29-23-18-24-30-38/h16-30,36,39-43,50H,31-34H2,1-15H3/t36-,39-,40-,41-,42-,43+/m1/s1. The lowest BCUT2D eigenvalue weighted by molar-refractivity contribution is -0.173. The second-order valence-electron chi connectivity index (χ2n) is 21.4. The van der Waals surface area contributed by atoms with E-state index < -0.39 is 73.3 Å². The predicted molar refractivity (Wildman–Crippen MR) is 249 cm³/mol. The fourth-order valence-corrected chi connectivity index (χ4v) is 15.1. The number of carbonyl (C=O) groups is 1. The van der Waals surface area contributed by atoms with Crippen molar-refractivity contribution in [3.05, 3.63) is 96.6 Å². The summed E-state index contributed by atoms with van der Waals surface area (Å²) >= 11 is 0. The van der Waals surface area contributed by atoms with E-state index in [-0.39, 0.29) is 41.4 Å². The van der Waals surface area contributed by atoms with Crippen LogP contribution >= 0.6 is 0 Å². The average molecular weight is 878 g/mol. The molecule has 0 unspecified atom stereocenters. The highest BCUT2D eigenvalue weighted by Crippen LogP contribution is 2.47. The summed E-state index contributed by atoms with van der Waals surface area (Å²) in [7, 11) is -7.79. The van der Waals surface area contributed by atoms with Crippen LogP contribution in [0.5, 0.6) is 0 Å². The summed E-state index contributed by atoms with van der Waals surface area (Å²) in [5.74, 6) is -0.950. The Balaban J connectivity index is 1.64. The quantitative estimate of drug-likeness (QED) is 0.151. The van der Waals surface area contributed by atoms with E-state index in [0.29, 0.717) is 0 Å². The van der Waals surface area contributed by atoms with Crippen LogP contribution in [0.1, 0.15) is 88.1 Å². The van der Waals surface area contributed by atoms with E-state index in [0.717, 1.165) is 15.9 Å². The molecular weight excluding hydrogens is 803 g/mol. The van der Waals surface area contributed by atoms with Gasteiger partial charge < -0.3 is 32.6 Å². The SMILES string of the molecule is CC1(C)O[C@@H]2[C@H](O1)[C@@H](CO[Si](c1ccccc1)(c1ccccc1)C(C)(C)C)N(C(=O)OCc1ccccc1)[C@@H]2[C@@H](C[C@@H](O)CO[Si](C)(C)C(C)(C)C)O[Si](C)(C)C(C)(C)C. The summed E-state index contributed by atoms with van der Waals surface area (Å²) in [5.41, 5.74) is 0.878. The number of carbonyl (C=O) groups excluding carboxylic acids is 1. The van der Waals surface area contributed by atoms with Gasteiger partial charge >= 0.3 is 6.09 Å². The van der Waals surface area contributed by atoms with E-state index >= 15 is 4.79 Å². The molecule has 2 aliphatic heterocycles. The predicted octanol–water partition coefficient (Wildman–Crippen LogP) is 9.64. The highest BCUT2D eigenvalue weighted by atomic mass is 28.4. The Labute approximate surface area is 364 Å². The second kappa shape index (κ2) is 18.2. The minimum absolute atomic E-state index is 0.0271. The van der Waals surface area contributed by atoms with Gasteiger partial charge in [0.05, 0.1) is 37.5 Å². The van der Waals surface area contributed by atoms with Gasteiger partial charge in [-0.2, -0.15) is 0 Å². The summed E-state index contributed by atoms with van der Waals surface area (Å²) in [6.07, 6.45) is -2.95. The van der Waals surface area contributed by atoms with Gasteiger partial charge in [0.1, 0.15) is 18.8 Å². The highest BCUT2D eigenvalue weighted by Gasteiger charge is 2.63. The van der Waals surface area contributed by atoms with Crippen molar-refractivity contribution in [2.24, 2.45) is 0 Å². The van der Waals surface area contributed by atoms with Crippen LogP contribution in [-0.4, -0.2) is 96.6 Å². The maximum absolute atomic E-state index is 15.0. The molecule has 0 aromatic heterocycles. The molecule has 0 bridgehead atoms. The number of aliphatic hydroxyl groups is 1. The van der Waals surface area contributed by atoms with Gasteiger partial charge in [-0.25, -0.2) is 4.79 Å². The molecule has 0 aliphatic carbocycles. The largest absolute Gasteiger partial charge is 0.445 e. The summed E-state index contributed by atoms with van der Waals surface area (Å²) in [6, 6.07) is 29.5. The number of benzene rings is 3. The van der Waals surface area contributed by atoms with Crippen molar-refractivity contribution in [3.8, 4) is 0 Å². The first-order valence-electron chi connectivity index (χ1n) is 21.8. The Hall–Kier alpha value is -2.66. The van der Waals surface area contributed by atoms with E-state index in [2.05, 4.69) is 137 Å². The molecule has 3 aromatic rings. The smallest absolute Gasteiger partial charge is 0.410 e. The van der Waals surface area contributed by atoms with Gasteiger partial charge in [-0.1, -0.05) is 153 Å². The Morgan fingerprint density at radius 3 is 1.68 bits per heavy atom. The van der Waals surface area contributed by atoms with Gasteiger partial charge in [-0.05, 0) is 71.1 Å². The number of aliphatic hydroxyl groups excluding tert-OH is 1. The van der Waals surface area contributed by atoms with E-state index in [9.17, 15) is 5.11 Å². The maximum atomic E-state index is 15.0. The van der Waals surface area contributed by atoms with Gasteiger partial charge in [-0.3, -0.25) is 4.90 Å². The third-order valence-electron chi connectivity index (χ3n) is 13.4. The summed E-state index contributed by atoms with van der Waals surface area (Å²) < 4.78 is 41.5. The van der Waals surface area contributed by atoms with Crippen molar-refractivity contribution < 1.29 is 37.4 Å². The molecule has 9 nitrogen and oxygen atoms in total. The number of rotatable bonds is 15. The first-order chi connectivity index (χ1) is 27.7. The zero-order chi connectivity index (χ0) is 44.5. The summed E-state index contributed by atoms with van der Waals surface area (Å²) in [4.78, 5) is 16.8. The molecule has 12 heteroatoms. The minimum atomic E-state index is -3.07. The number of likely N-dealkylation sites (tertiary alicyclic amines) is 1. The normalized spacial score (nSPS) is 22.4. The van der Waals surface area contributed by atoms with Crippen molar-refractivity contribution >= 4 is 41.4 Å². The lowest BCUT2D eigenvalue weighted by Gasteiger charge is -2.46. The number of ether oxygens (including phenoxy) is 3. The van der Waals surface area contributed by atoms with Gasteiger partial charge in [0.2, 0.25) is 0 Å². The van der Waals surface area contributed by atoms with E-state index in [4.69, 9.17) is 27.5 Å². The first kappa shape index (κ1) is 48.4. The molecule has 0 saturated carbocycles. The lowest BCUT2D eigenvalue weighted by Crippen LogP contribution is -2.67. The third kappa shape index (κ3) is 10.6. The van der Waals surface area contributed by atoms with Crippen LogP contribution in [0.25, 0.3) is 0 Å². The Morgan fingerprint density at radius 1 is 0.717 bits per heavy atom. The van der Waals surface area contributed by atoms with Gasteiger partial charge in [-0.15, -0.1) is 0 Å². The zero-order valence-corrected chi connectivity index (χ0v) is 42.2. The molecule has 0 radical (unpaired) electrons. The Kier molecular flexibility index (Phi) is 14.7. The van der Waals surface area contributed by atoms with Crippen LogP contribution in [0.3, 0.4) is 0 Å². The number of fused-ring (bicyclic) bond motifs is 1. The van der Waals surface area contributed by atoms with Crippen LogP contribution in [0.4, 0.5) is 4.79 Å². The van der Waals surface area contributed by atoms with Gasteiger partial charge in [0.15, 0.2) is 22.4 Å². The van der Waals surface area contributed by atoms with Crippen LogP contribution in [0.2, 0.25) is 41.3 Å². The molecule has 1 amide bonds. The summed E-state index contributed by atoms with van der Waals surface area (Å²) in [5, 5.41) is 13.7. The van der Waals surface area contributed by atoms with Gasteiger partial charge in [0.25, 0.3) is 8.32 Å². The second-order valence-corrected chi connectivity index (χ2v) is 35.3. The number of hydrogen-bond donors (Lipinski definition) is 1. The monoisotopic (exact) mass is 877 g/mol. The van der Waals surface area contributed by atoms with Crippen molar-refractivity contribution in [3.63, 3.8) is 0 Å². The van der Waals surface area contributed by atoms with Crippen LogP contribution in [-0.2, 0) is 34.1 Å². The molecule has 2 aliphatic rings. The molecule has 6 atom stereocenters. The summed E-state index contributed by atoms with van der Waals surface area (Å²) in [6.45, 7) is 33.0. The molecule has 2 saturated heterocycles. The maximum Gasteiger partial charge on any atom is 0.410 e. The molecule has 0 spiro atoms. The fraction of sp³-hybridized carbons (Fsp3) is 0.604. The molecule has 60 heavy (non-hydrogen) atoms. The topological polar surface area (TPSA) is 95.9 Å². The van der Waals surface area contributed by atoms with Gasteiger partial charge in [0, 0.05) is 6.42 Å². The Morgan fingerprint density at radius 2 is 1.20 bits per heavy atom. The zero-order valence-electron chi connectivity index (χ0n) is 39.2. The van der Waals surface area contributed by atoms with Crippen molar-refractivity contribution in [1.82, 2.24) is 4.90 Å². The highest BCUT2D eigenvalue weighted by molar-refractivity contribution is 6.99. The van der Waals surface area contributed by atoms with Crippen LogP contribution in [0, 0.1) is 0 Å². The molecule has 2 heterocycles.